The maximum atomic E-state index is 5.76. The topological polar surface area (TPSA) is 9.23 Å². The first kappa shape index (κ1) is 15.5. The average molecular weight is 226 g/mol. The van der Waals surface area contributed by atoms with Crippen molar-refractivity contribution in [3.8, 4) is 0 Å². The van der Waals surface area contributed by atoms with Crippen LogP contribution in [0, 0.1) is 0 Å². The molecule has 0 spiro atoms. The van der Waals surface area contributed by atoms with E-state index in [9.17, 15) is 0 Å². The van der Waals surface area contributed by atoms with Gasteiger partial charge in [-0.3, -0.25) is 0 Å². The van der Waals surface area contributed by atoms with Gasteiger partial charge in [0.05, 0.1) is 12.4 Å². The van der Waals surface area contributed by atoms with Gasteiger partial charge >= 0.3 is 0 Å². The molecule has 1 nitrogen and oxygen atoms in total. The Balaban J connectivity index is 3.28. The minimum atomic E-state index is 0.912. The molecular formula is C15H30O. The molecule has 0 unspecified atom stereocenters. The molecule has 0 aliphatic heterocycles. The molecule has 0 heterocycles. The normalized spacial score (nSPS) is 11.8. The fourth-order valence-corrected chi connectivity index (χ4v) is 1.74. The number of allylic oxidation sites excluding steroid dienone is 2. The quantitative estimate of drug-likeness (QED) is 0.336. The van der Waals surface area contributed by atoms with Gasteiger partial charge in [0.25, 0.3) is 0 Å². The van der Waals surface area contributed by atoms with Crippen molar-refractivity contribution < 1.29 is 4.74 Å². The van der Waals surface area contributed by atoms with Crippen molar-refractivity contribution in [3.05, 3.63) is 11.8 Å². The van der Waals surface area contributed by atoms with E-state index in [0.29, 0.717) is 0 Å². The first-order valence-corrected chi connectivity index (χ1v) is 7.13. The van der Waals surface area contributed by atoms with E-state index in [1.165, 1.54) is 57.1 Å². The van der Waals surface area contributed by atoms with Crippen LogP contribution in [-0.4, -0.2) is 6.61 Å². The van der Waals surface area contributed by atoms with Crippen molar-refractivity contribution >= 4 is 0 Å². The zero-order valence-corrected chi connectivity index (χ0v) is 11.6. The third kappa shape index (κ3) is 10.1. The van der Waals surface area contributed by atoms with E-state index in [1.54, 1.807) is 0 Å². The van der Waals surface area contributed by atoms with Crippen LogP contribution in [0.1, 0.15) is 78.6 Å². The zero-order chi connectivity index (χ0) is 12.1. The molecule has 0 N–H and O–H groups in total. The predicted octanol–water partition coefficient (Wildman–Crippen LogP) is 5.46. The molecule has 0 amide bonds. The molecule has 96 valence electrons. The monoisotopic (exact) mass is 226 g/mol. The Kier molecular flexibility index (Phi) is 12.2. The third-order valence-corrected chi connectivity index (χ3v) is 2.88. The molecular weight excluding hydrogens is 196 g/mol. The molecule has 0 radical (unpaired) electrons. The summed E-state index contributed by atoms with van der Waals surface area (Å²) in [7, 11) is 0. The van der Waals surface area contributed by atoms with Gasteiger partial charge < -0.3 is 4.74 Å². The van der Waals surface area contributed by atoms with Gasteiger partial charge in [-0.15, -0.1) is 0 Å². The van der Waals surface area contributed by atoms with Crippen molar-refractivity contribution in [2.24, 2.45) is 0 Å². The number of hydrogen-bond acceptors (Lipinski definition) is 1. The molecule has 0 bridgehead atoms. The van der Waals surface area contributed by atoms with Crippen LogP contribution in [0.15, 0.2) is 11.8 Å². The Labute approximate surface area is 102 Å². The summed E-state index contributed by atoms with van der Waals surface area (Å²) in [5, 5.41) is 0. The number of rotatable bonds is 11. The van der Waals surface area contributed by atoms with Gasteiger partial charge in [0.2, 0.25) is 0 Å². The average Bonchev–Trinajstić information content (AvgIpc) is 2.32. The molecule has 0 fully saturated rings. The minimum Gasteiger partial charge on any atom is -0.498 e. The van der Waals surface area contributed by atoms with Gasteiger partial charge in [-0.25, -0.2) is 0 Å². The maximum Gasteiger partial charge on any atom is 0.0917 e. The molecule has 0 aliphatic rings. The molecule has 0 saturated heterocycles. The van der Waals surface area contributed by atoms with Crippen LogP contribution in [0.5, 0.6) is 0 Å². The van der Waals surface area contributed by atoms with E-state index >= 15 is 0 Å². The van der Waals surface area contributed by atoms with Gasteiger partial charge in [-0.2, -0.15) is 0 Å². The number of ether oxygens (including phenoxy) is 1. The van der Waals surface area contributed by atoms with Crippen LogP contribution in [-0.2, 0) is 4.74 Å². The van der Waals surface area contributed by atoms with Crippen LogP contribution in [0.4, 0.5) is 0 Å². The smallest absolute Gasteiger partial charge is 0.0917 e. The second-order valence-electron chi connectivity index (χ2n) is 4.47. The standard InChI is InChI=1S/C15H30O/c1-4-7-9-10-11-12-14-16-15(6-3)13-8-5-2/h6H,4-5,7-14H2,1-3H3/b15-6-. The third-order valence-electron chi connectivity index (χ3n) is 2.88. The Hall–Kier alpha value is -0.460. The Morgan fingerprint density at radius 3 is 2.12 bits per heavy atom. The Morgan fingerprint density at radius 2 is 1.50 bits per heavy atom. The van der Waals surface area contributed by atoms with Crippen molar-refractivity contribution in [1.29, 1.82) is 0 Å². The molecule has 0 aromatic rings. The number of hydrogen-bond donors (Lipinski definition) is 0. The summed E-state index contributed by atoms with van der Waals surface area (Å²) >= 11 is 0. The molecule has 0 aliphatic carbocycles. The highest BCUT2D eigenvalue weighted by atomic mass is 16.5. The van der Waals surface area contributed by atoms with E-state index in [-0.39, 0.29) is 0 Å². The number of unbranched alkanes of at least 4 members (excludes halogenated alkanes) is 6. The van der Waals surface area contributed by atoms with Crippen LogP contribution in [0.3, 0.4) is 0 Å². The van der Waals surface area contributed by atoms with Crippen LogP contribution >= 0.6 is 0 Å². The summed E-state index contributed by atoms with van der Waals surface area (Å²) in [6, 6.07) is 0. The van der Waals surface area contributed by atoms with Crippen molar-refractivity contribution in [2.45, 2.75) is 78.6 Å². The van der Waals surface area contributed by atoms with E-state index in [0.717, 1.165) is 13.0 Å². The van der Waals surface area contributed by atoms with Gasteiger partial charge in [0.1, 0.15) is 0 Å². The molecule has 0 aromatic carbocycles. The summed E-state index contributed by atoms with van der Waals surface area (Å²) in [6.45, 7) is 7.47. The molecule has 16 heavy (non-hydrogen) atoms. The predicted molar refractivity (Wildman–Crippen MR) is 72.6 cm³/mol. The van der Waals surface area contributed by atoms with Crippen molar-refractivity contribution in [2.75, 3.05) is 6.61 Å². The highest BCUT2D eigenvalue weighted by Crippen LogP contribution is 2.11. The minimum absolute atomic E-state index is 0.912. The Bertz CT molecular complexity index is 161. The molecule has 0 rings (SSSR count). The second kappa shape index (κ2) is 12.6. The lowest BCUT2D eigenvalue weighted by molar-refractivity contribution is 0.193. The van der Waals surface area contributed by atoms with Crippen LogP contribution < -0.4 is 0 Å². The van der Waals surface area contributed by atoms with Crippen LogP contribution in [0.2, 0.25) is 0 Å². The van der Waals surface area contributed by atoms with Gasteiger partial charge in [-0.05, 0) is 25.8 Å². The lowest BCUT2D eigenvalue weighted by atomic mass is 10.1. The summed E-state index contributed by atoms with van der Waals surface area (Å²) in [5.41, 5.74) is 0. The fraction of sp³-hybridized carbons (Fsp3) is 0.867. The fourth-order valence-electron chi connectivity index (χ4n) is 1.74. The largest absolute Gasteiger partial charge is 0.498 e. The van der Waals surface area contributed by atoms with Gasteiger partial charge in [0.15, 0.2) is 0 Å². The summed E-state index contributed by atoms with van der Waals surface area (Å²) in [6.07, 6.45) is 13.7. The molecule has 0 saturated carbocycles. The molecule has 1 heteroatoms. The van der Waals surface area contributed by atoms with E-state index in [4.69, 9.17) is 4.74 Å². The second-order valence-corrected chi connectivity index (χ2v) is 4.47. The van der Waals surface area contributed by atoms with E-state index in [2.05, 4.69) is 26.8 Å². The summed E-state index contributed by atoms with van der Waals surface area (Å²) in [4.78, 5) is 0. The first-order chi connectivity index (χ1) is 7.85. The van der Waals surface area contributed by atoms with Gasteiger partial charge in [-0.1, -0.05) is 52.4 Å². The van der Waals surface area contributed by atoms with Crippen molar-refractivity contribution in [1.82, 2.24) is 0 Å². The van der Waals surface area contributed by atoms with Gasteiger partial charge in [0, 0.05) is 6.42 Å². The lowest BCUT2D eigenvalue weighted by Gasteiger charge is -2.09. The summed E-state index contributed by atoms with van der Waals surface area (Å²) in [5.74, 6) is 1.19. The highest BCUT2D eigenvalue weighted by molar-refractivity contribution is 4.89. The van der Waals surface area contributed by atoms with E-state index in [1.807, 2.05) is 0 Å². The first-order valence-electron chi connectivity index (χ1n) is 7.13. The SMILES string of the molecule is C/C=C(/CCCC)OCCCCCCCC. The molecule has 0 atom stereocenters. The maximum absolute atomic E-state index is 5.76. The molecule has 0 aromatic heterocycles. The summed E-state index contributed by atoms with van der Waals surface area (Å²) < 4.78 is 5.76. The lowest BCUT2D eigenvalue weighted by Crippen LogP contribution is -1.95. The van der Waals surface area contributed by atoms with Crippen LogP contribution in [0.25, 0.3) is 0 Å². The highest BCUT2D eigenvalue weighted by Gasteiger charge is 1.96. The zero-order valence-electron chi connectivity index (χ0n) is 11.6. The Morgan fingerprint density at radius 1 is 0.875 bits per heavy atom. The van der Waals surface area contributed by atoms with Crippen molar-refractivity contribution in [3.63, 3.8) is 0 Å². The van der Waals surface area contributed by atoms with E-state index < -0.39 is 0 Å².